The van der Waals surface area contributed by atoms with E-state index in [0.29, 0.717) is 31.1 Å². The van der Waals surface area contributed by atoms with Gasteiger partial charge < -0.3 is 21.1 Å². The lowest BCUT2D eigenvalue weighted by molar-refractivity contribution is 0.0528. The Labute approximate surface area is 140 Å². The van der Waals surface area contributed by atoms with E-state index in [0.717, 1.165) is 11.1 Å². The first kappa shape index (κ1) is 19.4. The van der Waals surface area contributed by atoms with Gasteiger partial charge in [0, 0.05) is 48.1 Å². The van der Waals surface area contributed by atoms with Crippen molar-refractivity contribution >= 4 is 22.6 Å². The summed E-state index contributed by atoms with van der Waals surface area (Å²) >= 11 is 0. The van der Waals surface area contributed by atoms with Gasteiger partial charge in [-0.05, 0) is 38.0 Å². The molecular formula is C16H27N3O3S. The Morgan fingerprint density at radius 3 is 2.57 bits per heavy atom. The summed E-state index contributed by atoms with van der Waals surface area (Å²) in [7, 11) is -0.875. The van der Waals surface area contributed by atoms with Gasteiger partial charge in [-0.25, -0.2) is 4.79 Å². The smallest absolute Gasteiger partial charge is 0.407 e. The van der Waals surface area contributed by atoms with E-state index in [1.807, 2.05) is 39.0 Å². The molecule has 0 aliphatic carbocycles. The van der Waals surface area contributed by atoms with Crippen molar-refractivity contribution in [2.75, 3.05) is 25.1 Å². The van der Waals surface area contributed by atoms with Gasteiger partial charge in [0.25, 0.3) is 0 Å². The maximum atomic E-state index is 11.5. The molecule has 0 aliphatic heterocycles. The van der Waals surface area contributed by atoms with E-state index < -0.39 is 22.5 Å². The maximum absolute atomic E-state index is 11.5. The quantitative estimate of drug-likeness (QED) is 0.519. The second kappa shape index (κ2) is 8.88. The molecule has 0 saturated heterocycles. The summed E-state index contributed by atoms with van der Waals surface area (Å²) in [6.07, 6.45) is 1.25. The van der Waals surface area contributed by atoms with Crippen LogP contribution < -0.4 is 16.4 Å². The average Bonchev–Trinajstić information content (AvgIpc) is 2.37. The summed E-state index contributed by atoms with van der Waals surface area (Å²) < 4.78 is 16.4. The molecule has 0 spiro atoms. The number of anilines is 1. The largest absolute Gasteiger partial charge is 0.444 e. The summed E-state index contributed by atoms with van der Waals surface area (Å²) in [5.41, 5.74) is 8.14. The summed E-state index contributed by atoms with van der Waals surface area (Å²) in [6, 6.07) is 5.73. The van der Waals surface area contributed by atoms with E-state index in [2.05, 4.69) is 10.6 Å². The van der Waals surface area contributed by atoms with Gasteiger partial charge in [-0.2, -0.15) is 0 Å². The third-order valence-electron chi connectivity index (χ3n) is 2.87. The number of alkyl carbamates (subject to hydrolysis) is 1. The Morgan fingerprint density at radius 2 is 2.00 bits per heavy atom. The fourth-order valence-corrected chi connectivity index (χ4v) is 2.57. The zero-order valence-corrected chi connectivity index (χ0v) is 15.1. The molecule has 0 bridgehead atoms. The van der Waals surface area contributed by atoms with Gasteiger partial charge in [-0.3, -0.25) is 4.21 Å². The van der Waals surface area contributed by atoms with Gasteiger partial charge >= 0.3 is 6.09 Å². The number of nitrogens with one attached hydrogen (secondary N) is 2. The molecule has 0 radical (unpaired) electrons. The minimum Gasteiger partial charge on any atom is -0.444 e. The van der Waals surface area contributed by atoms with Crippen molar-refractivity contribution in [1.29, 1.82) is 0 Å². The van der Waals surface area contributed by atoms with Gasteiger partial charge in [0.05, 0.1) is 0 Å². The van der Waals surface area contributed by atoms with Crippen LogP contribution in [0, 0.1) is 0 Å². The summed E-state index contributed by atoms with van der Waals surface area (Å²) in [5, 5.41) is 5.89. The van der Waals surface area contributed by atoms with E-state index in [-0.39, 0.29) is 0 Å². The van der Waals surface area contributed by atoms with Crippen molar-refractivity contribution in [3.63, 3.8) is 0 Å². The molecule has 1 amide bonds. The number of hydrogen-bond acceptors (Lipinski definition) is 5. The van der Waals surface area contributed by atoms with Gasteiger partial charge in [0.15, 0.2) is 0 Å². The van der Waals surface area contributed by atoms with E-state index in [1.54, 1.807) is 6.26 Å². The Bertz CT molecular complexity index is 556. The molecule has 1 aromatic carbocycles. The fraction of sp³-hybridized carbons (Fsp3) is 0.562. The van der Waals surface area contributed by atoms with Crippen LogP contribution in [0.3, 0.4) is 0 Å². The van der Waals surface area contributed by atoms with E-state index in [1.165, 1.54) is 0 Å². The summed E-state index contributed by atoms with van der Waals surface area (Å²) in [5.74, 6) is 0.512. The Kier molecular flexibility index (Phi) is 7.51. The Balaban J connectivity index is 2.31. The van der Waals surface area contributed by atoms with Crippen LogP contribution in [0.25, 0.3) is 0 Å². The minimum atomic E-state index is -0.875. The lowest BCUT2D eigenvalue weighted by Gasteiger charge is -2.19. The number of amides is 1. The van der Waals surface area contributed by atoms with Crippen molar-refractivity contribution in [3.05, 3.63) is 29.3 Å². The van der Waals surface area contributed by atoms with Crippen molar-refractivity contribution in [2.45, 2.75) is 38.7 Å². The first-order valence-corrected chi connectivity index (χ1v) is 9.25. The molecule has 130 valence electrons. The van der Waals surface area contributed by atoms with Crippen LogP contribution in [0.2, 0.25) is 0 Å². The van der Waals surface area contributed by atoms with Gasteiger partial charge in [0.1, 0.15) is 5.60 Å². The second-order valence-electron chi connectivity index (χ2n) is 6.36. The van der Waals surface area contributed by atoms with Crippen molar-refractivity contribution < 1.29 is 13.7 Å². The molecule has 0 fully saturated rings. The van der Waals surface area contributed by atoms with Crippen LogP contribution in [-0.4, -0.2) is 35.2 Å². The monoisotopic (exact) mass is 341 g/mol. The highest BCUT2D eigenvalue weighted by molar-refractivity contribution is 7.83. The predicted molar refractivity (Wildman–Crippen MR) is 94.6 cm³/mol. The fourth-order valence-electron chi connectivity index (χ4n) is 1.92. The highest BCUT2D eigenvalue weighted by Gasteiger charge is 2.15. The third kappa shape index (κ3) is 8.56. The SMILES string of the molecule is CS(=O)Cc1ccc(CNCCNC(=O)OC(C)(C)C)c(N)c1. The standard InChI is InChI=1S/C16H27N3O3S/c1-16(2,3)22-15(20)19-8-7-18-10-13-6-5-12(9-14(13)17)11-23(4)21/h5-6,9,18H,7-8,10-11,17H2,1-4H3,(H,19,20). The number of ether oxygens (including phenoxy) is 1. The van der Waals surface area contributed by atoms with E-state index in [9.17, 15) is 9.00 Å². The van der Waals surface area contributed by atoms with Gasteiger partial charge in [-0.15, -0.1) is 0 Å². The maximum Gasteiger partial charge on any atom is 0.407 e. The molecule has 1 atom stereocenters. The Hall–Kier alpha value is -1.60. The van der Waals surface area contributed by atoms with Crippen LogP contribution in [-0.2, 0) is 27.8 Å². The van der Waals surface area contributed by atoms with Crippen LogP contribution in [0.5, 0.6) is 0 Å². The number of benzene rings is 1. The molecule has 4 N–H and O–H groups in total. The first-order chi connectivity index (χ1) is 10.7. The highest BCUT2D eigenvalue weighted by atomic mass is 32.2. The van der Waals surface area contributed by atoms with Crippen molar-refractivity contribution in [3.8, 4) is 0 Å². The molecule has 0 saturated carbocycles. The zero-order chi connectivity index (χ0) is 17.5. The lowest BCUT2D eigenvalue weighted by Crippen LogP contribution is -2.36. The van der Waals surface area contributed by atoms with Gasteiger partial charge in [0.2, 0.25) is 0 Å². The number of hydrogen-bond donors (Lipinski definition) is 3. The molecule has 6 nitrogen and oxygen atoms in total. The molecular weight excluding hydrogens is 314 g/mol. The number of carbonyl (C=O) groups excluding carboxylic acids is 1. The topological polar surface area (TPSA) is 93.5 Å². The molecule has 0 heterocycles. The van der Waals surface area contributed by atoms with Crippen molar-refractivity contribution in [1.82, 2.24) is 10.6 Å². The Morgan fingerprint density at radius 1 is 1.30 bits per heavy atom. The molecule has 23 heavy (non-hydrogen) atoms. The van der Waals surface area contributed by atoms with E-state index >= 15 is 0 Å². The number of nitrogen functional groups attached to an aromatic ring is 1. The zero-order valence-electron chi connectivity index (χ0n) is 14.3. The van der Waals surface area contributed by atoms with Crippen LogP contribution in [0.1, 0.15) is 31.9 Å². The molecule has 1 unspecified atom stereocenters. The number of carbonyl (C=O) groups is 1. The molecule has 7 heteroatoms. The van der Waals surface area contributed by atoms with Crippen molar-refractivity contribution in [2.24, 2.45) is 0 Å². The molecule has 1 aromatic rings. The van der Waals surface area contributed by atoms with Crippen LogP contribution in [0.15, 0.2) is 18.2 Å². The predicted octanol–water partition coefficient (Wildman–Crippen LogP) is 1.76. The summed E-state index contributed by atoms with van der Waals surface area (Å²) in [6.45, 7) is 7.17. The molecule has 1 rings (SSSR count). The highest BCUT2D eigenvalue weighted by Crippen LogP contribution is 2.15. The van der Waals surface area contributed by atoms with Gasteiger partial charge in [-0.1, -0.05) is 12.1 Å². The normalized spacial score (nSPS) is 12.7. The third-order valence-corrected chi connectivity index (χ3v) is 3.61. The summed E-state index contributed by atoms with van der Waals surface area (Å²) in [4.78, 5) is 11.5. The number of nitrogens with two attached hydrogens (primary N) is 1. The molecule has 0 aromatic heterocycles. The first-order valence-electron chi connectivity index (χ1n) is 7.52. The van der Waals surface area contributed by atoms with Crippen LogP contribution >= 0.6 is 0 Å². The average molecular weight is 341 g/mol. The second-order valence-corrected chi connectivity index (χ2v) is 7.79. The molecule has 0 aliphatic rings. The minimum absolute atomic E-state index is 0.421. The lowest BCUT2D eigenvalue weighted by atomic mass is 10.1. The van der Waals surface area contributed by atoms with Crippen LogP contribution in [0.4, 0.5) is 10.5 Å². The number of rotatable bonds is 7. The van der Waals surface area contributed by atoms with E-state index in [4.69, 9.17) is 10.5 Å².